The molecule has 0 spiro atoms. The van der Waals surface area contributed by atoms with Gasteiger partial charge in [0.05, 0.1) is 16.8 Å². The molecule has 132 valence electrons. The van der Waals surface area contributed by atoms with Crippen molar-refractivity contribution in [1.82, 2.24) is 14.8 Å². The Morgan fingerprint density at radius 3 is 2.50 bits per heavy atom. The van der Waals surface area contributed by atoms with Gasteiger partial charge in [-0.25, -0.2) is 4.79 Å². The first kappa shape index (κ1) is 16.5. The molecular formula is C19H18N4O2S. The van der Waals surface area contributed by atoms with Gasteiger partial charge in [-0.1, -0.05) is 18.2 Å². The van der Waals surface area contributed by atoms with Gasteiger partial charge in [-0.15, -0.1) is 11.3 Å². The number of benzene rings is 1. The Morgan fingerprint density at radius 2 is 1.77 bits per heavy atom. The van der Waals surface area contributed by atoms with Crippen LogP contribution >= 0.6 is 11.3 Å². The molecule has 1 N–H and O–H groups in total. The first-order valence-electron chi connectivity index (χ1n) is 8.44. The molecule has 4 rings (SSSR count). The van der Waals surface area contributed by atoms with E-state index in [9.17, 15) is 9.59 Å². The molecule has 3 aromatic rings. The number of nitrogens with one attached hydrogen (secondary N) is 1. The summed E-state index contributed by atoms with van der Waals surface area (Å²) in [6.45, 7) is 2.10. The second kappa shape index (κ2) is 7.13. The molecule has 1 fully saturated rings. The molecule has 26 heavy (non-hydrogen) atoms. The highest BCUT2D eigenvalue weighted by molar-refractivity contribution is 7.20. The van der Waals surface area contributed by atoms with Gasteiger partial charge in [0.15, 0.2) is 0 Å². The van der Waals surface area contributed by atoms with Crippen molar-refractivity contribution in [2.45, 2.75) is 0 Å². The van der Waals surface area contributed by atoms with Crippen molar-refractivity contribution in [2.75, 3.05) is 31.5 Å². The van der Waals surface area contributed by atoms with Crippen LogP contribution in [0.2, 0.25) is 0 Å². The smallest absolute Gasteiger partial charge is 0.322 e. The predicted octanol–water partition coefficient (Wildman–Crippen LogP) is 3.29. The van der Waals surface area contributed by atoms with Gasteiger partial charge in [0, 0.05) is 37.1 Å². The van der Waals surface area contributed by atoms with Crippen molar-refractivity contribution < 1.29 is 9.59 Å². The lowest BCUT2D eigenvalue weighted by Gasteiger charge is -2.34. The summed E-state index contributed by atoms with van der Waals surface area (Å²) in [5.74, 6) is 0.0403. The van der Waals surface area contributed by atoms with Crippen LogP contribution in [0.3, 0.4) is 0 Å². The molecule has 6 nitrogen and oxygen atoms in total. The van der Waals surface area contributed by atoms with Gasteiger partial charge in [0.2, 0.25) is 0 Å². The van der Waals surface area contributed by atoms with Crippen molar-refractivity contribution in [3.63, 3.8) is 0 Å². The SMILES string of the molecule is O=C(Nc1cccnc1)N1CCN(C(=O)c2cc3ccccc3s2)CC1. The largest absolute Gasteiger partial charge is 0.334 e. The van der Waals surface area contributed by atoms with E-state index in [4.69, 9.17) is 0 Å². The molecular weight excluding hydrogens is 348 g/mol. The standard InChI is InChI=1S/C19H18N4O2S/c24-18(17-12-14-4-1-2-6-16(14)26-17)22-8-10-23(11-9-22)19(25)21-15-5-3-7-20-13-15/h1-7,12-13H,8-11H2,(H,21,25). The number of rotatable bonds is 2. The number of carbonyl (C=O) groups is 2. The lowest BCUT2D eigenvalue weighted by molar-refractivity contribution is 0.0676. The Kier molecular flexibility index (Phi) is 4.53. The number of piperazine rings is 1. The van der Waals surface area contributed by atoms with E-state index in [1.165, 1.54) is 11.3 Å². The normalized spacial score (nSPS) is 14.5. The Balaban J connectivity index is 1.37. The first-order valence-corrected chi connectivity index (χ1v) is 9.26. The molecule has 3 amide bonds. The topological polar surface area (TPSA) is 65.5 Å². The minimum absolute atomic E-state index is 0.0403. The molecule has 0 atom stereocenters. The molecule has 0 aliphatic carbocycles. The van der Waals surface area contributed by atoms with Crippen LogP contribution in [0.25, 0.3) is 10.1 Å². The predicted molar refractivity (Wildman–Crippen MR) is 103 cm³/mol. The maximum absolute atomic E-state index is 12.7. The fourth-order valence-electron chi connectivity index (χ4n) is 2.99. The molecule has 1 aliphatic heterocycles. The highest BCUT2D eigenvalue weighted by Gasteiger charge is 2.25. The number of anilines is 1. The number of pyridine rings is 1. The average molecular weight is 366 g/mol. The maximum Gasteiger partial charge on any atom is 0.322 e. The number of hydrogen-bond donors (Lipinski definition) is 1. The van der Waals surface area contributed by atoms with Crippen molar-refractivity contribution in [1.29, 1.82) is 0 Å². The van der Waals surface area contributed by atoms with Gasteiger partial charge >= 0.3 is 6.03 Å². The van der Waals surface area contributed by atoms with E-state index in [1.807, 2.05) is 35.2 Å². The Labute approximate surface area is 155 Å². The summed E-state index contributed by atoms with van der Waals surface area (Å²) in [6.07, 6.45) is 3.27. The minimum Gasteiger partial charge on any atom is -0.334 e. The number of urea groups is 1. The summed E-state index contributed by atoms with van der Waals surface area (Å²) in [4.78, 5) is 33.3. The monoisotopic (exact) mass is 366 g/mol. The van der Waals surface area contributed by atoms with Gasteiger partial charge in [-0.05, 0) is 29.7 Å². The molecule has 1 saturated heterocycles. The molecule has 1 aliphatic rings. The number of amides is 3. The van der Waals surface area contributed by atoms with Gasteiger partial charge in [0.1, 0.15) is 0 Å². The summed E-state index contributed by atoms with van der Waals surface area (Å²) in [6, 6.07) is 13.4. The summed E-state index contributed by atoms with van der Waals surface area (Å²) >= 11 is 1.52. The highest BCUT2D eigenvalue weighted by Crippen LogP contribution is 2.26. The third kappa shape index (κ3) is 3.39. The highest BCUT2D eigenvalue weighted by atomic mass is 32.1. The lowest BCUT2D eigenvalue weighted by Crippen LogP contribution is -2.51. The Bertz CT molecular complexity index is 900. The van der Waals surface area contributed by atoms with Crippen LogP contribution < -0.4 is 5.32 Å². The Morgan fingerprint density at radius 1 is 1.00 bits per heavy atom. The number of carbonyl (C=O) groups excluding carboxylic acids is 2. The van der Waals surface area contributed by atoms with Crippen LogP contribution in [0.15, 0.2) is 54.9 Å². The average Bonchev–Trinajstić information content (AvgIpc) is 3.12. The third-order valence-electron chi connectivity index (χ3n) is 4.40. The summed E-state index contributed by atoms with van der Waals surface area (Å²) < 4.78 is 1.12. The van der Waals surface area contributed by atoms with Crippen LogP contribution in [0.1, 0.15) is 9.67 Å². The first-order chi connectivity index (χ1) is 12.7. The lowest BCUT2D eigenvalue weighted by atomic mass is 10.2. The number of fused-ring (bicyclic) bond motifs is 1. The van der Waals surface area contributed by atoms with Gasteiger partial charge in [-0.2, -0.15) is 0 Å². The number of nitrogens with zero attached hydrogens (tertiary/aromatic N) is 3. The minimum atomic E-state index is -0.160. The van der Waals surface area contributed by atoms with Crippen molar-refractivity contribution >= 4 is 39.0 Å². The second-order valence-electron chi connectivity index (χ2n) is 6.10. The van der Waals surface area contributed by atoms with E-state index >= 15 is 0 Å². The summed E-state index contributed by atoms with van der Waals surface area (Å²) in [5.41, 5.74) is 0.668. The zero-order chi connectivity index (χ0) is 17.9. The number of aromatic nitrogens is 1. The second-order valence-corrected chi connectivity index (χ2v) is 7.18. The van der Waals surface area contributed by atoms with Crippen molar-refractivity contribution in [3.05, 3.63) is 59.7 Å². The van der Waals surface area contributed by atoms with Crippen LogP contribution in [-0.2, 0) is 0 Å². The van der Waals surface area contributed by atoms with Crippen LogP contribution in [0.5, 0.6) is 0 Å². The zero-order valence-corrected chi connectivity index (χ0v) is 14.9. The summed E-state index contributed by atoms with van der Waals surface area (Å²) in [7, 11) is 0. The van der Waals surface area contributed by atoms with E-state index in [0.717, 1.165) is 15.0 Å². The van der Waals surface area contributed by atoms with E-state index < -0.39 is 0 Å². The van der Waals surface area contributed by atoms with Gasteiger partial charge < -0.3 is 15.1 Å². The van der Waals surface area contributed by atoms with Crippen LogP contribution in [0, 0.1) is 0 Å². The molecule has 1 aromatic carbocycles. The molecule has 2 aromatic heterocycles. The fraction of sp³-hybridized carbons (Fsp3) is 0.211. The fourth-order valence-corrected chi connectivity index (χ4v) is 4.03. The van der Waals surface area contributed by atoms with Crippen LogP contribution in [-0.4, -0.2) is 52.9 Å². The van der Waals surface area contributed by atoms with E-state index in [2.05, 4.69) is 10.3 Å². The van der Waals surface area contributed by atoms with E-state index in [0.29, 0.717) is 31.9 Å². The molecule has 7 heteroatoms. The molecule has 0 unspecified atom stereocenters. The maximum atomic E-state index is 12.7. The van der Waals surface area contributed by atoms with Crippen molar-refractivity contribution in [3.8, 4) is 0 Å². The van der Waals surface area contributed by atoms with Crippen LogP contribution in [0.4, 0.5) is 10.5 Å². The zero-order valence-electron chi connectivity index (χ0n) is 14.1. The molecule has 0 bridgehead atoms. The van der Waals surface area contributed by atoms with E-state index in [1.54, 1.807) is 29.4 Å². The molecule has 0 saturated carbocycles. The summed E-state index contributed by atoms with van der Waals surface area (Å²) in [5, 5.41) is 3.92. The molecule has 0 radical (unpaired) electrons. The molecule has 3 heterocycles. The number of hydrogen-bond acceptors (Lipinski definition) is 4. The third-order valence-corrected chi connectivity index (χ3v) is 5.51. The number of thiophene rings is 1. The quantitative estimate of drug-likeness (QED) is 0.757. The van der Waals surface area contributed by atoms with E-state index in [-0.39, 0.29) is 11.9 Å². The van der Waals surface area contributed by atoms with Crippen molar-refractivity contribution in [2.24, 2.45) is 0 Å². The Hall–Kier alpha value is -2.93. The van der Waals surface area contributed by atoms with Gasteiger partial charge in [-0.3, -0.25) is 9.78 Å². The van der Waals surface area contributed by atoms with Gasteiger partial charge in [0.25, 0.3) is 5.91 Å².